The molecule has 0 bridgehead atoms. The first-order chi connectivity index (χ1) is 7.65. The van der Waals surface area contributed by atoms with E-state index in [4.69, 9.17) is 10.3 Å². The molecule has 0 aliphatic heterocycles. The maximum absolute atomic E-state index is 5.58. The molecule has 2 N–H and O–H groups in total. The molecule has 2 rings (SSSR count). The summed E-state index contributed by atoms with van der Waals surface area (Å²) in [6.45, 7) is 4.21. The van der Waals surface area contributed by atoms with Crippen LogP contribution >= 0.6 is 0 Å². The molecule has 84 valence electrons. The third-order valence-corrected chi connectivity index (χ3v) is 2.05. The molecule has 2 aromatic rings. The molecule has 0 saturated carbocycles. The molecule has 2 heterocycles. The number of nitrogens with zero attached hydrogens (tertiary/aromatic N) is 3. The Morgan fingerprint density at radius 1 is 1.31 bits per heavy atom. The minimum Gasteiger partial charge on any atom is -0.384 e. The van der Waals surface area contributed by atoms with Gasteiger partial charge in [-0.15, -0.1) is 0 Å². The van der Waals surface area contributed by atoms with E-state index < -0.39 is 0 Å². The Kier molecular flexibility index (Phi) is 2.85. The van der Waals surface area contributed by atoms with E-state index in [2.05, 4.69) is 29.0 Å². The summed E-state index contributed by atoms with van der Waals surface area (Å²) in [5.41, 5.74) is 6.20. The van der Waals surface area contributed by atoms with Gasteiger partial charge in [-0.2, -0.15) is 4.98 Å². The molecular formula is C11H14N4O. The van der Waals surface area contributed by atoms with Crippen molar-refractivity contribution < 1.29 is 4.52 Å². The van der Waals surface area contributed by atoms with Crippen LogP contribution in [-0.2, 0) is 6.42 Å². The highest BCUT2D eigenvalue weighted by Gasteiger charge is 2.10. The predicted octanol–water partition coefficient (Wildman–Crippen LogP) is 1.91. The molecule has 2 aromatic heterocycles. The largest absolute Gasteiger partial charge is 0.384 e. The molecule has 5 heteroatoms. The standard InChI is InChI=1S/C11H14N4O/c1-7(2)6-10-14-11(16-15-10)8-4-3-5-9(12)13-8/h3-5,7H,6H2,1-2H3,(H2,12,13). The number of nitrogen functional groups attached to an aromatic ring is 1. The Hall–Kier alpha value is -1.91. The quantitative estimate of drug-likeness (QED) is 0.851. The normalized spacial score (nSPS) is 10.9. The van der Waals surface area contributed by atoms with Gasteiger partial charge >= 0.3 is 0 Å². The molecule has 0 saturated heterocycles. The second kappa shape index (κ2) is 4.30. The second-order valence-electron chi connectivity index (χ2n) is 4.06. The molecule has 0 radical (unpaired) electrons. The van der Waals surface area contributed by atoms with Crippen molar-refractivity contribution in [2.75, 3.05) is 5.73 Å². The monoisotopic (exact) mass is 218 g/mol. The molecule has 0 amide bonds. The van der Waals surface area contributed by atoms with E-state index in [0.717, 1.165) is 6.42 Å². The summed E-state index contributed by atoms with van der Waals surface area (Å²) >= 11 is 0. The Morgan fingerprint density at radius 3 is 2.81 bits per heavy atom. The van der Waals surface area contributed by atoms with Gasteiger partial charge in [0, 0.05) is 6.42 Å². The van der Waals surface area contributed by atoms with Gasteiger partial charge in [0.1, 0.15) is 11.5 Å². The van der Waals surface area contributed by atoms with Gasteiger partial charge in [0.05, 0.1) is 0 Å². The molecule has 0 fully saturated rings. The van der Waals surface area contributed by atoms with Gasteiger partial charge in [-0.25, -0.2) is 4.98 Å². The Labute approximate surface area is 93.7 Å². The predicted molar refractivity (Wildman–Crippen MR) is 60.5 cm³/mol. The molecule has 0 atom stereocenters. The van der Waals surface area contributed by atoms with Crippen LogP contribution in [0.2, 0.25) is 0 Å². The number of anilines is 1. The third-order valence-electron chi connectivity index (χ3n) is 2.05. The number of nitrogens with two attached hydrogens (primary N) is 1. The van der Waals surface area contributed by atoms with Crippen molar-refractivity contribution in [1.29, 1.82) is 0 Å². The van der Waals surface area contributed by atoms with Crippen LogP contribution in [0.4, 0.5) is 5.82 Å². The highest BCUT2D eigenvalue weighted by Crippen LogP contribution is 2.16. The van der Waals surface area contributed by atoms with E-state index in [-0.39, 0.29) is 0 Å². The SMILES string of the molecule is CC(C)Cc1noc(-c2cccc(N)n2)n1. The van der Waals surface area contributed by atoms with Crippen LogP contribution in [0.3, 0.4) is 0 Å². The van der Waals surface area contributed by atoms with Crippen LogP contribution < -0.4 is 5.73 Å². The number of rotatable bonds is 3. The highest BCUT2D eigenvalue weighted by atomic mass is 16.5. The molecule has 0 spiro atoms. The van der Waals surface area contributed by atoms with E-state index >= 15 is 0 Å². The zero-order valence-corrected chi connectivity index (χ0v) is 9.34. The first-order valence-electron chi connectivity index (χ1n) is 5.20. The summed E-state index contributed by atoms with van der Waals surface area (Å²) < 4.78 is 5.13. The summed E-state index contributed by atoms with van der Waals surface area (Å²) in [6.07, 6.45) is 0.797. The van der Waals surface area contributed by atoms with E-state index in [1.165, 1.54) is 0 Å². The summed E-state index contributed by atoms with van der Waals surface area (Å²) in [7, 11) is 0. The van der Waals surface area contributed by atoms with Gasteiger partial charge < -0.3 is 10.3 Å². The van der Waals surface area contributed by atoms with Gasteiger partial charge in [0.15, 0.2) is 5.82 Å². The van der Waals surface area contributed by atoms with Crippen molar-refractivity contribution >= 4 is 5.82 Å². The van der Waals surface area contributed by atoms with Crippen LogP contribution in [0.15, 0.2) is 22.7 Å². The average molecular weight is 218 g/mol. The zero-order chi connectivity index (χ0) is 11.5. The van der Waals surface area contributed by atoms with Crippen LogP contribution in [-0.4, -0.2) is 15.1 Å². The number of hydrogen-bond acceptors (Lipinski definition) is 5. The van der Waals surface area contributed by atoms with Gasteiger partial charge in [-0.3, -0.25) is 0 Å². The van der Waals surface area contributed by atoms with Gasteiger partial charge in [0.25, 0.3) is 5.89 Å². The lowest BCUT2D eigenvalue weighted by Gasteiger charge is -1.96. The van der Waals surface area contributed by atoms with Crippen LogP contribution in [0.5, 0.6) is 0 Å². The van der Waals surface area contributed by atoms with Gasteiger partial charge in [-0.1, -0.05) is 25.1 Å². The van der Waals surface area contributed by atoms with Crippen molar-refractivity contribution in [3.63, 3.8) is 0 Å². The van der Waals surface area contributed by atoms with Crippen molar-refractivity contribution in [2.24, 2.45) is 5.92 Å². The maximum atomic E-state index is 5.58. The average Bonchev–Trinajstić information content (AvgIpc) is 2.65. The lowest BCUT2D eigenvalue weighted by Crippen LogP contribution is -1.96. The Bertz CT molecular complexity index is 478. The maximum Gasteiger partial charge on any atom is 0.276 e. The van der Waals surface area contributed by atoms with Crippen molar-refractivity contribution in [2.45, 2.75) is 20.3 Å². The molecule has 0 aliphatic rings. The third kappa shape index (κ3) is 2.36. The van der Waals surface area contributed by atoms with Crippen molar-refractivity contribution in [1.82, 2.24) is 15.1 Å². The first-order valence-corrected chi connectivity index (χ1v) is 5.20. The minimum absolute atomic E-state index is 0.419. The molecule has 16 heavy (non-hydrogen) atoms. The zero-order valence-electron chi connectivity index (χ0n) is 9.34. The van der Waals surface area contributed by atoms with E-state index in [1.807, 2.05) is 6.07 Å². The summed E-state index contributed by atoms with van der Waals surface area (Å²) in [4.78, 5) is 8.38. The van der Waals surface area contributed by atoms with Gasteiger partial charge in [0.2, 0.25) is 0 Å². The van der Waals surface area contributed by atoms with E-state index in [1.54, 1.807) is 12.1 Å². The summed E-state index contributed by atoms with van der Waals surface area (Å²) in [5.74, 6) is 2.07. The fourth-order valence-corrected chi connectivity index (χ4v) is 1.38. The van der Waals surface area contributed by atoms with E-state index in [0.29, 0.717) is 29.1 Å². The lowest BCUT2D eigenvalue weighted by molar-refractivity contribution is 0.416. The molecule has 0 aromatic carbocycles. The topological polar surface area (TPSA) is 77.8 Å². The Morgan fingerprint density at radius 2 is 2.12 bits per heavy atom. The molecule has 0 unspecified atom stereocenters. The molecule has 5 nitrogen and oxygen atoms in total. The fraction of sp³-hybridized carbons (Fsp3) is 0.364. The van der Waals surface area contributed by atoms with E-state index in [9.17, 15) is 0 Å². The lowest BCUT2D eigenvalue weighted by atomic mass is 10.1. The number of aromatic nitrogens is 3. The summed E-state index contributed by atoms with van der Waals surface area (Å²) in [5, 5.41) is 3.90. The minimum atomic E-state index is 0.419. The van der Waals surface area contributed by atoms with Crippen LogP contribution in [0.25, 0.3) is 11.6 Å². The molecular weight excluding hydrogens is 204 g/mol. The first kappa shape index (κ1) is 10.6. The smallest absolute Gasteiger partial charge is 0.276 e. The second-order valence-corrected chi connectivity index (χ2v) is 4.06. The summed E-state index contributed by atoms with van der Waals surface area (Å²) in [6, 6.07) is 5.32. The van der Waals surface area contributed by atoms with Gasteiger partial charge in [-0.05, 0) is 18.1 Å². The molecule has 0 aliphatic carbocycles. The van der Waals surface area contributed by atoms with Crippen LogP contribution in [0, 0.1) is 5.92 Å². The number of hydrogen-bond donors (Lipinski definition) is 1. The van der Waals surface area contributed by atoms with Crippen molar-refractivity contribution in [3.05, 3.63) is 24.0 Å². The Balaban J connectivity index is 2.24. The van der Waals surface area contributed by atoms with Crippen LogP contribution in [0.1, 0.15) is 19.7 Å². The fourth-order valence-electron chi connectivity index (χ4n) is 1.38. The number of pyridine rings is 1. The van der Waals surface area contributed by atoms with Crippen molar-refractivity contribution in [3.8, 4) is 11.6 Å². The highest BCUT2D eigenvalue weighted by molar-refractivity contribution is 5.49.